The number of likely N-dealkylation sites (N-methyl/N-ethyl adjacent to an activating group) is 1. The zero-order valence-electron chi connectivity index (χ0n) is 16.4. The standard InChI is InChI=1S/C22H20ClN5OS/c1-24-16-8-9-27(12-16)20-7-6-17(11-25-20)28-13-26-18-10-19(30-21(18)22(28)29)14-2-4-15(23)5-3-14/h2-7,10-11,13,16,24H,8-9,12H2,1H3. The largest absolute Gasteiger partial charge is 0.355 e. The molecule has 4 heterocycles. The fourth-order valence-corrected chi connectivity index (χ4v) is 4.94. The normalized spacial score (nSPS) is 16.5. The molecule has 1 fully saturated rings. The summed E-state index contributed by atoms with van der Waals surface area (Å²) in [6.45, 7) is 1.92. The number of rotatable bonds is 4. The smallest absolute Gasteiger partial charge is 0.275 e. The predicted molar refractivity (Wildman–Crippen MR) is 123 cm³/mol. The van der Waals surface area contributed by atoms with Gasteiger partial charge in [0.2, 0.25) is 0 Å². The molecule has 152 valence electrons. The zero-order valence-corrected chi connectivity index (χ0v) is 18.0. The molecule has 0 radical (unpaired) electrons. The molecule has 0 amide bonds. The van der Waals surface area contributed by atoms with Gasteiger partial charge in [0.1, 0.15) is 16.8 Å². The number of aromatic nitrogens is 3. The number of halogens is 1. The van der Waals surface area contributed by atoms with Crippen molar-refractivity contribution in [3.05, 3.63) is 70.4 Å². The van der Waals surface area contributed by atoms with Crippen LogP contribution >= 0.6 is 22.9 Å². The number of nitrogens with zero attached hydrogens (tertiary/aromatic N) is 4. The van der Waals surface area contributed by atoms with E-state index in [0.29, 0.717) is 27.0 Å². The lowest BCUT2D eigenvalue weighted by atomic mass is 10.2. The maximum absolute atomic E-state index is 13.1. The molecule has 8 heteroatoms. The summed E-state index contributed by atoms with van der Waals surface area (Å²) in [5, 5.41) is 4.00. The Hall–Kier alpha value is -2.74. The molecular formula is C22H20ClN5OS. The first-order valence-corrected chi connectivity index (χ1v) is 11.0. The van der Waals surface area contributed by atoms with E-state index < -0.39 is 0 Å². The van der Waals surface area contributed by atoms with Crippen molar-refractivity contribution in [3.63, 3.8) is 0 Å². The number of fused-ring (bicyclic) bond motifs is 1. The fourth-order valence-electron chi connectivity index (χ4n) is 3.76. The van der Waals surface area contributed by atoms with Crippen LogP contribution in [0.15, 0.2) is 59.8 Å². The van der Waals surface area contributed by atoms with E-state index in [4.69, 9.17) is 11.6 Å². The van der Waals surface area contributed by atoms with E-state index in [1.165, 1.54) is 11.3 Å². The number of hydrogen-bond donors (Lipinski definition) is 1. The third-order valence-electron chi connectivity index (χ3n) is 5.50. The molecule has 6 nitrogen and oxygen atoms in total. The molecule has 5 rings (SSSR count). The van der Waals surface area contributed by atoms with Crippen molar-refractivity contribution in [1.29, 1.82) is 0 Å². The summed E-state index contributed by atoms with van der Waals surface area (Å²) in [4.78, 5) is 25.5. The first-order chi connectivity index (χ1) is 14.6. The lowest BCUT2D eigenvalue weighted by molar-refractivity contribution is 0.616. The molecule has 30 heavy (non-hydrogen) atoms. The Labute approximate surface area is 182 Å². The first-order valence-electron chi connectivity index (χ1n) is 9.78. The van der Waals surface area contributed by atoms with Crippen LogP contribution in [0.2, 0.25) is 5.02 Å². The summed E-state index contributed by atoms with van der Waals surface area (Å²) in [6.07, 6.45) is 4.42. The van der Waals surface area contributed by atoms with E-state index in [1.54, 1.807) is 17.1 Å². The van der Waals surface area contributed by atoms with E-state index in [9.17, 15) is 4.79 Å². The SMILES string of the molecule is CNC1CCN(c2ccc(-n3cnc4cc(-c5ccc(Cl)cc5)sc4c3=O)cn2)C1. The maximum Gasteiger partial charge on any atom is 0.275 e. The second-order valence-electron chi connectivity index (χ2n) is 7.35. The second-order valence-corrected chi connectivity index (χ2v) is 8.84. The van der Waals surface area contributed by atoms with Gasteiger partial charge < -0.3 is 10.2 Å². The van der Waals surface area contributed by atoms with Crippen LogP contribution in [-0.2, 0) is 0 Å². The van der Waals surface area contributed by atoms with Gasteiger partial charge in [-0.25, -0.2) is 9.97 Å². The highest BCUT2D eigenvalue weighted by Crippen LogP contribution is 2.31. The highest BCUT2D eigenvalue weighted by atomic mass is 35.5. The third-order valence-corrected chi connectivity index (χ3v) is 6.91. The van der Waals surface area contributed by atoms with Gasteiger partial charge in [-0.15, -0.1) is 11.3 Å². The molecular weight excluding hydrogens is 418 g/mol. The number of hydrogen-bond acceptors (Lipinski definition) is 6. The van der Waals surface area contributed by atoms with Gasteiger partial charge in [-0.2, -0.15) is 0 Å². The molecule has 1 saturated heterocycles. The highest BCUT2D eigenvalue weighted by Gasteiger charge is 2.22. The Bertz CT molecular complexity index is 1250. The Morgan fingerprint density at radius 2 is 2.00 bits per heavy atom. The lowest BCUT2D eigenvalue weighted by Crippen LogP contribution is -2.29. The van der Waals surface area contributed by atoms with Gasteiger partial charge in [-0.1, -0.05) is 23.7 Å². The summed E-state index contributed by atoms with van der Waals surface area (Å²) >= 11 is 7.43. The van der Waals surface area contributed by atoms with Crippen molar-refractivity contribution < 1.29 is 0 Å². The van der Waals surface area contributed by atoms with Crippen molar-refractivity contribution in [1.82, 2.24) is 19.9 Å². The summed E-state index contributed by atoms with van der Waals surface area (Å²) in [5.74, 6) is 0.930. The van der Waals surface area contributed by atoms with Gasteiger partial charge in [-0.3, -0.25) is 9.36 Å². The predicted octanol–water partition coefficient (Wildman–Crippen LogP) is 3.96. The molecule has 1 aliphatic heterocycles. The Balaban J connectivity index is 1.46. The van der Waals surface area contributed by atoms with Gasteiger partial charge in [0.25, 0.3) is 5.56 Å². The molecule has 1 atom stereocenters. The first kappa shape index (κ1) is 19.2. The van der Waals surface area contributed by atoms with E-state index in [2.05, 4.69) is 20.2 Å². The van der Waals surface area contributed by atoms with Gasteiger partial charge in [0.05, 0.1) is 17.4 Å². The summed E-state index contributed by atoms with van der Waals surface area (Å²) in [5.41, 5.74) is 2.34. The minimum Gasteiger partial charge on any atom is -0.355 e. The summed E-state index contributed by atoms with van der Waals surface area (Å²) in [6, 6.07) is 13.9. The van der Waals surface area contributed by atoms with Crippen LogP contribution in [0, 0.1) is 0 Å². The van der Waals surface area contributed by atoms with Crippen molar-refractivity contribution in [2.24, 2.45) is 0 Å². The molecule has 0 spiro atoms. The highest BCUT2D eigenvalue weighted by molar-refractivity contribution is 7.22. The van der Waals surface area contributed by atoms with Crippen molar-refractivity contribution in [2.75, 3.05) is 25.0 Å². The lowest BCUT2D eigenvalue weighted by Gasteiger charge is -2.17. The van der Waals surface area contributed by atoms with Gasteiger partial charge in [0.15, 0.2) is 0 Å². The van der Waals surface area contributed by atoms with Gasteiger partial charge in [0, 0.05) is 29.0 Å². The minimum absolute atomic E-state index is 0.0869. The molecule has 1 N–H and O–H groups in total. The Kier molecular flexibility index (Phi) is 5.02. The number of thiophene rings is 1. The number of anilines is 1. The van der Waals surface area contributed by atoms with E-state index >= 15 is 0 Å². The minimum atomic E-state index is -0.0869. The van der Waals surface area contributed by atoms with Crippen molar-refractivity contribution in [2.45, 2.75) is 12.5 Å². The topological polar surface area (TPSA) is 63.1 Å². The fraction of sp³-hybridized carbons (Fsp3) is 0.227. The summed E-state index contributed by atoms with van der Waals surface area (Å²) < 4.78 is 2.18. The van der Waals surface area contributed by atoms with Gasteiger partial charge in [-0.05, 0) is 49.4 Å². The summed E-state index contributed by atoms with van der Waals surface area (Å²) in [7, 11) is 1.99. The van der Waals surface area contributed by atoms with Crippen LogP contribution < -0.4 is 15.8 Å². The van der Waals surface area contributed by atoms with Crippen molar-refractivity contribution in [3.8, 4) is 16.1 Å². The zero-order chi connectivity index (χ0) is 20.7. The van der Waals surface area contributed by atoms with Crippen LogP contribution in [-0.4, -0.2) is 40.7 Å². The Morgan fingerprint density at radius 3 is 2.70 bits per heavy atom. The number of pyridine rings is 1. The second kappa shape index (κ2) is 7.83. The molecule has 1 aliphatic rings. The van der Waals surface area contributed by atoms with Crippen molar-refractivity contribution >= 4 is 39.0 Å². The molecule has 0 aliphatic carbocycles. The van der Waals surface area contributed by atoms with Crippen LogP contribution in [0.1, 0.15) is 6.42 Å². The van der Waals surface area contributed by atoms with E-state index in [1.807, 2.05) is 49.5 Å². The van der Waals surface area contributed by atoms with Crippen LogP contribution in [0.25, 0.3) is 26.3 Å². The average Bonchev–Trinajstić information content (AvgIpc) is 3.42. The van der Waals surface area contributed by atoms with Gasteiger partial charge >= 0.3 is 0 Å². The molecule has 3 aromatic heterocycles. The maximum atomic E-state index is 13.1. The van der Waals surface area contributed by atoms with Crippen LogP contribution in [0.4, 0.5) is 5.82 Å². The number of nitrogens with one attached hydrogen (secondary N) is 1. The third kappa shape index (κ3) is 3.49. The van der Waals surface area contributed by atoms with E-state index in [-0.39, 0.29) is 5.56 Å². The molecule has 1 unspecified atom stereocenters. The Morgan fingerprint density at radius 1 is 1.17 bits per heavy atom. The molecule has 0 bridgehead atoms. The monoisotopic (exact) mass is 437 g/mol. The average molecular weight is 438 g/mol. The molecule has 4 aromatic rings. The number of benzene rings is 1. The quantitative estimate of drug-likeness (QED) is 0.523. The van der Waals surface area contributed by atoms with Crippen LogP contribution in [0.5, 0.6) is 0 Å². The van der Waals surface area contributed by atoms with Crippen LogP contribution in [0.3, 0.4) is 0 Å². The van der Waals surface area contributed by atoms with E-state index in [0.717, 1.165) is 35.8 Å². The molecule has 0 saturated carbocycles. The molecule has 1 aromatic carbocycles.